The Morgan fingerprint density at radius 1 is 1.29 bits per heavy atom. The molecule has 0 unspecified atom stereocenters. The normalized spacial score (nSPS) is 16.9. The molecule has 0 spiro atoms. The SMILES string of the molecule is CCN1CCN(C(=NC(=O)c2ccccc2Cl)OC)CC1. The van der Waals surface area contributed by atoms with E-state index in [1.54, 1.807) is 24.3 Å². The minimum atomic E-state index is -0.379. The van der Waals surface area contributed by atoms with Crippen LogP contribution < -0.4 is 0 Å². The summed E-state index contributed by atoms with van der Waals surface area (Å²) in [5, 5.41) is 0.400. The standard InChI is InChI=1S/C15H20ClN3O2/c1-3-18-8-10-19(11-9-18)15(21-2)17-14(20)12-6-4-5-7-13(12)16/h4-7H,3,8-11H2,1-2H3. The molecule has 1 aliphatic rings. The molecule has 1 aromatic carbocycles. The zero-order valence-electron chi connectivity index (χ0n) is 12.4. The van der Waals surface area contributed by atoms with Crippen LogP contribution in [0.1, 0.15) is 17.3 Å². The number of benzene rings is 1. The second-order valence-electron chi connectivity index (χ2n) is 4.80. The van der Waals surface area contributed by atoms with E-state index >= 15 is 0 Å². The van der Waals surface area contributed by atoms with Gasteiger partial charge >= 0.3 is 0 Å². The van der Waals surface area contributed by atoms with Crippen LogP contribution in [0.2, 0.25) is 5.02 Å². The molecule has 1 amide bonds. The molecular formula is C15H20ClN3O2. The Kier molecular flexibility index (Phi) is 5.59. The number of halogens is 1. The second-order valence-corrected chi connectivity index (χ2v) is 5.21. The van der Waals surface area contributed by atoms with Crippen LogP contribution >= 0.6 is 11.6 Å². The Hall–Kier alpha value is -1.59. The molecule has 0 atom stereocenters. The van der Waals surface area contributed by atoms with Gasteiger partial charge in [-0.2, -0.15) is 4.99 Å². The summed E-state index contributed by atoms with van der Waals surface area (Å²) >= 11 is 6.02. The number of rotatable bonds is 2. The lowest BCUT2D eigenvalue weighted by atomic mass is 10.2. The summed E-state index contributed by atoms with van der Waals surface area (Å²) in [5.74, 6) is -0.379. The molecule has 5 nitrogen and oxygen atoms in total. The fourth-order valence-corrected chi connectivity index (χ4v) is 2.50. The van der Waals surface area contributed by atoms with Gasteiger partial charge in [-0.05, 0) is 18.7 Å². The van der Waals surface area contributed by atoms with Gasteiger partial charge in [0, 0.05) is 26.2 Å². The van der Waals surface area contributed by atoms with Crippen LogP contribution in [0.25, 0.3) is 0 Å². The highest BCUT2D eigenvalue weighted by Gasteiger charge is 2.21. The van der Waals surface area contributed by atoms with Crippen molar-refractivity contribution < 1.29 is 9.53 Å². The van der Waals surface area contributed by atoms with E-state index in [0.717, 1.165) is 32.7 Å². The Morgan fingerprint density at radius 2 is 1.95 bits per heavy atom. The summed E-state index contributed by atoms with van der Waals surface area (Å²) in [5.41, 5.74) is 0.390. The highest BCUT2D eigenvalue weighted by molar-refractivity contribution is 6.34. The van der Waals surface area contributed by atoms with Crippen molar-refractivity contribution in [2.75, 3.05) is 39.8 Å². The largest absolute Gasteiger partial charge is 0.468 e. The molecule has 2 rings (SSSR count). The molecule has 0 bridgehead atoms. The summed E-state index contributed by atoms with van der Waals surface area (Å²) in [6.45, 7) is 6.67. The monoisotopic (exact) mass is 309 g/mol. The number of piperazine rings is 1. The molecule has 6 heteroatoms. The second kappa shape index (κ2) is 7.43. The van der Waals surface area contributed by atoms with E-state index in [-0.39, 0.29) is 5.91 Å². The molecule has 114 valence electrons. The van der Waals surface area contributed by atoms with Crippen LogP contribution in [0, 0.1) is 0 Å². The molecule has 1 fully saturated rings. The third-order valence-corrected chi connectivity index (χ3v) is 3.90. The first-order chi connectivity index (χ1) is 10.2. The van der Waals surface area contributed by atoms with Crippen molar-refractivity contribution in [1.29, 1.82) is 0 Å². The molecule has 0 saturated carbocycles. The number of carbonyl (C=O) groups is 1. The average molecular weight is 310 g/mol. The number of hydrogen-bond donors (Lipinski definition) is 0. The van der Waals surface area contributed by atoms with Crippen LogP contribution in [-0.2, 0) is 4.74 Å². The molecule has 21 heavy (non-hydrogen) atoms. The van der Waals surface area contributed by atoms with E-state index in [0.29, 0.717) is 16.6 Å². The van der Waals surface area contributed by atoms with E-state index < -0.39 is 0 Å². The zero-order valence-corrected chi connectivity index (χ0v) is 13.1. The third-order valence-electron chi connectivity index (χ3n) is 3.57. The maximum Gasteiger partial charge on any atom is 0.295 e. The van der Waals surface area contributed by atoms with Gasteiger partial charge in [-0.25, -0.2) is 0 Å². The Balaban J connectivity index is 2.10. The van der Waals surface area contributed by atoms with Gasteiger partial charge in [0.25, 0.3) is 11.9 Å². The van der Waals surface area contributed by atoms with Crippen molar-refractivity contribution in [1.82, 2.24) is 9.80 Å². The van der Waals surface area contributed by atoms with Crippen molar-refractivity contribution in [3.05, 3.63) is 34.9 Å². The number of amidine groups is 1. The maximum absolute atomic E-state index is 12.2. The summed E-state index contributed by atoms with van der Waals surface area (Å²) in [7, 11) is 1.53. The molecule has 0 N–H and O–H groups in total. The molecule has 0 aliphatic carbocycles. The van der Waals surface area contributed by atoms with Crippen molar-refractivity contribution >= 4 is 23.5 Å². The van der Waals surface area contributed by atoms with E-state index in [1.807, 2.05) is 4.90 Å². The topological polar surface area (TPSA) is 45.1 Å². The third kappa shape index (κ3) is 3.95. The first-order valence-corrected chi connectivity index (χ1v) is 7.42. The number of hydrogen-bond acceptors (Lipinski definition) is 3. The summed E-state index contributed by atoms with van der Waals surface area (Å²) in [6, 6.07) is 7.24. The molecule has 0 radical (unpaired) electrons. The quantitative estimate of drug-likeness (QED) is 0.620. The van der Waals surface area contributed by atoms with Gasteiger partial charge in [0.05, 0.1) is 17.7 Å². The predicted molar refractivity (Wildman–Crippen MR) is 83.9 cm³/mol. The van der Waals surface area contributed by atoms with Crippen molar-refractivity contribution in [2.45, 2.75) is 6.92 Å². The van der Waals surface area contributed by atoms with Gasteiger partial charge in [0.15, 0.2) is 0 Å². The van der Waals surface area contributed by atoms with Crippen molar-refractivity contribution in [3.63, 3.8) is 0 Å². The smallest absolute Gasteiger partial charge is 0.295 e. The lowest BCUT2D eigenvalue weighted by Gasteiger charge is -2.34. The fraction of sp³-hybridized carbons (Fsp3) is 0.467. The number of ether oxygens (including phenoxy) is 1. The minimum Gasteiger partial charge on any atom is -0.468 e. The van der Waals surface area contributed by atoms with E-state index in [9.17, 15) is 4.79 Å². The van der Waals surface area contributed by atoms with E-state index in [1.165, 1.54) is 7.11 Å². The van der Waals surface area contributed by atoms with Crippen LogP contribution in [0.3, 0.4) is 0 Å². The highest BCUT2D eigenvalue weighted by atomic mass is 35.5. The summed E-state index contributed by atoms with van der Waals surface area (Å²) in [4.78, 5) is 20.6. The van der Waals surface area contributed by atoms with Crippen molar-refractivity contribution in [2.24, 2.45) is 4.99 Å². The van der Waals surface area contributed by atoms with Crippen LogP contribution in [0.15, 0.2) is 29.3 Å². The number of amides is 1. The maximum atomic E-state index is 12.2. The summed E-state index contributed by atoms with van der Waals surface area (Å²) in [6.07, 6.45) is 0. The molecule has 1 heterocycles. The van der Waals surface area contributed by atoms with Gasteiger partial charge in [-0.15, -0.1) is 0 Å². The Labute approximate surface area is 130 Å². The highest BCUT2D eigenvalue weighted by Crippen LogP contribution is 2.16. The zero-order chi connectivity index (χ0) is 15.2. The van der Waals surface area contributed by atoms with Crippen LogP contribution in [0.4, 0.5) is 0 Å². The first-order valence-electron chi connectivity index (χ1n) is 7.04. The average Bonchev–Trinajstić information content (AvgIpc) is 2.53. The molecular weight excluding hydrogens is 290 g/mol. The van der Waals surface area contributed by atoms with Crippen LogP contribution in [-0.4, -0.2) is 61.6 Å². The number of aliphatic imine (C=N–C) groups is 1. The van der Waals surface area contributed by atoms with Gasteiger partial charge in [-0.1, -0.05) is 30.7 Å². The number of carbonyl (C=O) groups excluding carboxylic acids is 1. The number of methoxy groups -OCH3 is 1. The first kappa shape index (κ1) is 15.8. The minimum absolute atomic E-state index is 0.357. The lowest BCUT2D eigenvalue weighted by Crippen LogP contribution is -2.49. The number of likely N-dealkylation sites (N-methyl/N-ethyl adjacent to an activating group) is 1. The van der Waals surface area contributed by atoms with Crippen LogP contribution in [0.5, 0.6) is 0 Å². The van der Waals surface area contributed by atoms with Gasteiger partial charge in [0.2, 0.25) is 0 Å². The lowest BCUT2D eigenvalue weighted by molar-refractivity contribution is 0.0991. The van der Waals surface area contributed by atoms with Gasteiger partial charge < -0.3 is 14.5 Å². The van der Waals surface area contributed by atoms with Gasteiger partial charge in [0.1, 0.15) is 0 Å². The fourth-order valence-electron chi connectivity index (χ4n) is 2.28. The van der Waals surface area contributed by atoms with Crippen molar-refractivity contribution in [3.8, 4) is 0 Å². The Morgan fingerprint density at radius 3 is 2.52 bits per heavy atom. The van der Waals surface area contributed by atoms with Gasteiger partial charge in [-0.3, -0.25) is 4.79 Å². The molecule has 1 aromatic rings. The van der Waals surface area contributed by atoms with E-state index in [2.05, 4.69) is 16.8 Å². The molecule has 0 aromatic heterocycles. The summed E-state index contributed by atoms with van der Waals surface area (Å²) < 4.78 is 5.28. The number of nitrogens with zero attached hydrogens (tertiary/aromatic N) is 3. The van der Waals surface area contributed by atoms with E-state index in [4.69, 9.17) is 16.3 Å². The molecule has 1 saturated heterocycles. The predicted octanol–water partition coefficient (Wildman–Crippen LogP) is 2.12. The molecule has 1 aliphatic heterocycles. The Bertz CT molecular complexity index is 525.